The van der Waals surface area contributed by atoms with Gasteiger partial charge < -0.3 is 9.73 Å². The molecule has 7 heteroatoms. The average Bonchev–Trinajstić information content (AvgIpc) is 3.19. The molecular weight excluding hydrogens is 352 g/mol. The van der Waals surface area contributed by atoms with E-state index in [-0.39, 0.29) is 17.4 Å². The zero-order valence-corrected chi connectivity index (χ0v) is 15.0. The van der Waals surface area contributed by atoms with E-state index in [1.165, 1.54) is 4.31 Å². The van der Waals surface area contributed by atoms with Gasteiger partial charge in [-0.15, -0.1) is 0 Å². The largest absolute Gasteiger partial charge is 0.451 e. The number of para-hydroxylation sites is 1. The van der Waals surface area contributed by atoms with Gasteiger partial charge in [-0.1, -0.05) is 24.3 Å². The molecule has 3 aromatic rings. The molecule has 1 saturated heterocycles. The number of hydrogen-bond donors (Lipinski definition) is 1. The van der Waals surface area contributed by atoms with Crippen LogP contribution in [-0.2, 0) is 10.0 Å². The molecule has 0 spiro atoms. The number of fused-ring (bicyclic) bond motifs is 1. The first kappa shape index (κ1) is 16.7. The van der Waals surface area contributed by atoms with Gasteiger partial charge in [-0.05, 0) is 43.2 Å². The summed E-state index contributed by atoms with van der Waals surface area (Å²) in [6.07, 6.45) is 0.608. The van der Waals surface area contributed by atoms with Gasteiger partial charge in [-0.2, -0.15) is 0 Å². The fourth-order valence-electron chi connectivity index (χ4n) is 3.11. The summed E-state index contributed by atoms with van der Waals surface area (Å²) in [7, 11) is -3.27. The van der Waals surface area contributed by atoms with E-state index in [9.17, 15) is 13.2 Å². The number of nitrogens with one attached hydrogen (secondary N) is 1. The smallest absolute Gasteiger partial charge is 0.291 e. The molecule has 1 aliphatic heterocycles. The quantitative estimate of drug-likeness (QED) is 0.765. The molecule has 1 aromatic heterocycles. The highest BCUT2D eigenvalue weighted by molar-refractivity contribution is 7.93. The number of carbonyl (C=O) groups excluding carboxylic acids is 1. The number of hydrogen-bond acceptors (Lipinski definition) is 4. The van der Waals surface area contributed by atoms with Gasteiger partial charge in [0.25, 0.3) is 5.91 Å². The maximum atomic E-state index is 12.6. The Morgan fingerprint density at radius 2 is 1.96 bits per heavy atom. The van der Waals surface area contributed by atoms with E-state index in [1.807, 2.05) is 25.1 Å². The van der Waals surface area contributed by atoms with E-state index in [0.717, 1.165) is 10.9 Å². The molecule has 134 valence electrons. The fraction of sp³-hybridized carbons (Fsp3) is 0.211. The van der Waals surface area contributed by atoms with Crippen molar-refractivity contribution in [3.63, 3.8) is 0 Å². The molecule has 1 fully saturated rings. The Morgan fingerprint density at radius 3 is 2.69 bits per heavy atom. The van der Waals surface area contributed by atoms with E-state index in [2.05, 4.69) is 5.32 Å². The predicted octanol–water partition coefficient (Wildman–Crippen LogP) is 3.53. The van der Waals surface area contributed by atoms with E-state index in [0.29, 0.717) is 29.9 Å². The third-order valence-electron chi connectivity index (χ3n) is 4.51. The third-order valence-corrected chi connectivity index (χ3v) is 6.38. The molecule has 0 radical (unpaired) electrons. The Morgan fingerprint density at radius 1 is 1.15 bits per heavy atom. The lowest BCUT2D eigenvalue weighted by atomic mass is 10.1. The van der Waals surface area contributed by atoms with Crippen LogP contribution in [0.3, 0.4) is 0 Å². The van der Waals surface area contributed by atoms with Crippen LogP contribution in [0.4, 0.5) is 11.4 Å². The Bertz CT molecular complexity index is 1070. The number of nitrogens with zero attached hydrogens (tertiary/aromatic N) is 1. The first-order chi connectivity index (χ1) is 12.4. The lowest BCUT2D eigenvalue weighted by Gasteiger charge is -2.18. The average molecular weight is 370 g/mol. The van der Waals surface area contributed by atoms with E-state index in [4.69, 9.17) is 4.42 Å². The molecule has 0 atom stereocenters. The number of rotatable bonds is 3. The van der Waals surface area contributed by atoms with Gasteiger partial charge in [-0.25, -0.2) is 8.42 Å². The number of benzene rings is 2. The van der Waals surface area contributed by atoms with E-state index in [1.54, 1.807) is 30.3 Å². The van der Waals surface area contributed by atoms with Crippen LogP contribution in [0.2, 0.25) is 0 Å². The van der Waals surface area contributed by atoms with Crippen molar-refractivity contribution in [2.75, 3.05) is 21.9 Å². The summed E-state index contributed by atoms with van der Waals surface area (Å²) >= 11 is 0. The molecule has 26 heavy (non-hydrogen) atoms. The van der Waals surface area contributed by atoms with Crippen LogP contribution >= 0.6 is 0 Å². The number of aryl methyl sites for hydroxylation is 1. The Hall–Kier alpha value is -2.80. The van der Waals surface area contributed by atoms with Crippen LogP contribution < -0.4 is 9.62 Å². The van der Waals surface area contributed by atoms with Crippen LogP contribution in [0.15, 0.2) is 52.9 Å². The van der Waals surface area contributed by atoms with Crippen molar-refractivity contribution < 1.29 is 17.6 Å². The number of anilines is 2. The van der Waals surface area contributed by atoms with Gasteiger partial charge in [0.05, 0.1) is 11.4 Å². The molecule has 4 rings (SSSR count). The molecule has 0 aliphatic carbocycles. The zero-order chi connectivity index (χ0) is 18.3. The van der Waals surface area contributed by atoms with Crippen LogP contribution in [0.5, 0.6) is 0 Å². The minimum absolute atomic E-state index is 0.154. The van der Waals surface area contributed by atoms with Crippen molar-refractivity contribution in [2.24, 2.45) is 0 Å². The van der Waals surface area contributed by atoms with Crippen LogP contribution in [0.1, 0.15) is 22.5 Å². The highest BCUT2D eigenvalue weighted by atomic mass is 32.2. The number of sulfonamides is 1. The highest BCUT2D eigenvalue weighted by Gasteiger charge is 2.28. The highest BCUT2D eigenvalue weighted by Crippen LogP contribution is 2.29. The van der Waals surface area contributed by atoms with Gasteiger partial charge in [0, 0.05) is 17.6 Å². The second kappa shape index (κ2) is 6.17. The predicted molar refractivity (Wildman–Crippen MR) is 101 cm³/mol. The van der Waals surface area contributed by atoms with Crippen molar-refractivity contribution in [2.45, 2.75) is 13.3 Å². The van der Waals surface area contributed by atoms with E-state index < -0.39 is 10.0 Å². The van der Waals surface area contributed by atoms with Gasteiger partial charge >= 0.3 is 0 Å². The number of carbonyl (C=O) groups is 1. The Balaban J connectivity index is 1.63. The van der Waals surface area contributed by atoms with E-state index >= 15 is 0 Å². The zero-order valence-electron chi connectivity index (χ0n) is 14.2. The first-order valence-electron chi connectivity index (χ1n) is 8.35. The maximum Gasteiger partial charge on any atom is 0.291 e. The molecule has 2 heterocycles. The first-order valence-corrected chi connectivity index (χ1v) is 9.96. The second-order valence-electron chi connectivity index (χ2n) is 6.34. The molecule has 6 nitrogen and oxygen atoms in total. The summed E-state index contributed by atoms with van der Waals surface area (Å²) < 4.78 is 31.2. The van der Waals surface area contributed by atoms with Gasteiger partial charge in [0.1, 0.15) is 5.58 Å². The third kappa shape index (κ3) is 2.94. The van der Waals surface area contributed by atoms with Gasteiger partial charge in [-0.3, -0.25) is 9.10 Å². The molecule has 1 amide bonds. The molecule has 0 saturated carbocycles. The number of furan rings is 1. The summed E-state index contributed by atoms with van der Waals surface area (Å²) in [5, 5.41) is 3.68. The fourth-order valence-corrected chi connectivity index (χ4v) is 4.66. The molecule has 1 aliphatic rings. The maximum absolute atomic E-state index is 12.6. The van der Waals surface area contributed by atoms with Crippen molar-refractivity contribution in [3.8, 4) is 0 Å². The van der Waals surface area contributed by atoms with Crippen LogP contribution in [0.25, 0.3) is 11.0 Å². The van der Waals surface area contributed by atoms with Crippen LogP contribution in [-0.4, -0.2) is 26.6 Å². The topological polar surface area (TPSA) is 79.6 Å². The molecular formula is C19H18N2O4S. The minimum Gasteiger partial charge on any atom is -0.451 e. The van der Waals surface area contributed by atoms with Gasteiger partial charge in [0.2, 0.25) is 10.0 Å². The second-order valence-corrected chi connectivity index (χ2v) is 8.36. The van der Waals surface area contributed by atoms with Crippen molar-refractivity contribution >= 4 is 38.3 Å². The monoisotopic (exact) mass is 370 g/mol. The minimum atomic E-state index is -3.27. The summed E-state index contributed by atoms with van der Waals surface area (Å²) in [5.74, 6) is -0.00260. The summed E-state index contributed by atoms with van der Waals surface area (Å²) in [6, 6.07) is 14.3. The molecule has 0 bridgehead atoms. The van der Waals surface area contributed by atoms with Gasteiger partial charge in [0.15, 0.2) is 5.76 Å². The van der Waals surface area contributed by atoms with Crippen molar-refractivity contribution in [1.29, 1.82) is 0 Å². The normalized spacial score (nSPS) is 16.1. The molecule has 0 unspecified atom stereocenters. The summed E-state index contributed by atoms with van der Waals surface area (Å²) in [4.78, 5) is 12.6. The molecule has 1 N–H and O–H groups in total. The number of amides is 1. The molecule has 2 aromatic carbocycles. The Labute approximate surface area is 151 Å². The lowest BCUT2D eigenvalue weighted by molar-refractivity contribution is 0.0998. The summed E-state index contributed by atoms with van der Waals surface area (Å²) in [6.45, 7) is 2.32. The Kier molecular flexibility index (Phi) is 3.96. The lowest BCUT2D eigenvalue weighted by Crippen LogP contribution is -2.25. The van der Waals surface area contributed by atoms with Crippen LogP contribution in [0, 0.1) is 6.92 Å². The SMILES string of the molecule is Cc1ccc(N2CCCS2(=O)=O)cc1NC(=O)c1cc2ccccc2o1. The standard InChI is InChI=1S/C19H18N2O4S/c1-13-7-8-15(21-9-4-10-26(21,23)24)12-16(13)20-19(22)18-11-14-5-2-3-6-17(14)25-18/h2-3,5-8,11-12H,4,9-10H2,1H3,(H,20,22). The van der Waals surface area contributed by atoms with Crippen molar-refractivity contribution in [1.82, 2.24) is 0 Å². The van der Waals surface area contributed by atoms with Crippen molar-refractivity contribution in [3.05, 3.63) is 59.9 Å². The summed E-state index contributed by atoms with van der Waals surface area (Å²) in [5.41, 5.74) is 2.61.